The van der Waals surface area contributed by atoms with Crippen LogP contribution in [0.15, 0.2) is 17.4 Å². The molecule has 0 spiro atoms. The first kappa shape index (κ1) is 13.2. The molecule has 1 heterocycles. The number of aromatic nitrogens is 2. The van der Waals surface area contributed by atoms with Gasteiger partial charge in [-0.15, -0.1) is 11.8 Å². The third-order valence-electron chi connectivity index (χ3n) is 1.70. The lowest BCUT2D eigenvalue weighted by Gasteiger charge is -2.03. The first-order chi connectivity index (χ1) is 7.51. The molecule has 0 saturated carbocycles. The van der Waals surface area contributed by atoms with Gasteiger partial charge in [0.1, 0.15) is 27.0 Å². The summed E-state index contributed by atoms with van der Waals surface area (Å²) in [6, 6.07) is 1.82. The van der Waals surface area contributed by atoms with Crippen molar-refractivity contribution in [3.05, 3.63) is 12.4 Å². The molecule has 1 rings (SSSR count). The second-order valence-electron chi connectivity index (χ2n) is 3.25. The summed E-state index contributed by atoms with van der Waals surface area (Å²) in [6.07, 6.45) is 2.71. The lowest BCUT2D eigenvalue weighted by atomic mass is 10.5. The van der Waals surface area contributed by atoms with Crippen LogP contribution in [0.3, 0.4) is 0 Å². The van der Waals surface area contributed by atoms with Crippen molar-refractivity contribution < 1.29 is 8.42 Å². The summed E-state index contributed by atoms with van der Waals surface area (Å²) in [7, 11) is -2.89. The Bertz CT molecular complexity index is 434. The number of sulfone groups is 1. The molecule has 0 amide bonds. The molecule has 7 heteroatoms. The summed E-state index contributed by atoms with van der Waals surface area (Å²) in [5.41, 5.74) is 0. The van der Waals surface area contributed by atoms with Gasteiger partial charge in [0, 0.05) is 24.6 Å². The molecule has 0 bridgehead atoms. The van der Waals surface area contributed by atoms with Gasteiger partial charge in [0.2, 0.25) is 0 Å². The Morgan fingerprint density at radius 2 is 2.19 bits per heavy atom. The van der Waals surface area contributed by atoms with Crippen molar-refractivity contribution in [2.45, 2.75) is 11.9 Å². The van der Waals surface area contributed by atoms with Crippen molar-refractivity contribution in [3.63, 3.8) is 0 Å². The highest BCUT2D eigenvalue weighted by Gasteiger charge is 2.04. The fourth-order valence-electron chi connectivity index (χ4n) is 0.994. The van der Waals surface area contributed by atoms with Crippen molar-refractivity contribution in [3.8, 4) is 0 Å². The lowest BCUT2D eigenvalue weighted by molar-refractivity contribution is 0.603. The van der Waals surface area contributed by atoms with Crippen LogP contribution in [-0.2, 0) is 9.84 Å². The maximum Gasteiger partial charge on any atom is 0.148 e. The molecule has 0 aliphatic rings. The maximum absolute atomic E-state index is 10.9. The SMILES string of the molecule is CCNc1cc(SCCS(C)(=O)=O)ncn1. The Labute approximate surface area is 100.0 Å². The van der Waals surface area contributed by atoms with E-state index in [2.05, 4.69) is 15.3 Å². The summed E-state index contributed by atoms with van der Waals surface area (Å²) in [4.78, 5) is 8.09. The predicted molar refractivity (Wildman–Crippen MR) is 66.6 cm³/mol. The van der Waals surface area contributed by atoms with Gasteiger partial charge in [-0.2, -0.15) is 0 Å². The van der Waals surface area contributed by atoms with Gasteiger partial charge < -0.3 is 5.32 Å². The summed E-state index contributed by atoms with van der Waals surface area (Å²) in [6.45, 7) is 2.78. The van der Waals surface area contributed by atoms with E-state index in [1.807, 2.05) is 13.0 Å². The first-order valence-corrected chi connectivity index (χ1v) is 7.92. The van der Waals surface area contributed by atoms with E-state index >= 15 is 0 Å². The zero-order chi connectivity index (χ0) is 12.0. The highest BCUT2D eigenvalue weighted by molar-refractivity contribution is 8.00. The minimum atomic E-state index is -2.89. The van der Waals surface area contributed by atoms with Crippen LogP contribution in [-0.4, -0.2) is 42.7 Å². The van der Waals surface area contributed by atoms with Crippen LogP contribution in [0, 0.1) is 0 Å². The van der Waals surface area contributed by atoms with Crippen molar-refractivity contribution in [1.29, 1.82) is 0 Å². The van der Waals surface area contributed by atoms with Crippen LogP contribution in [0.25, 0.3) is 0 Å². The maximum atomic E-state index is 10.9. The Morgan fingerprint density at radius 3 is 2.81 bits per heavy atom. The van der Waals surface area contributed by atoms with E-state index in [1.54, 1.807) is 0 Å². The molecule has 0 unspecified atom stereocenters. The fraction of sp³-hybridized carbons (Fsp3) is 0.556. The van der Waals surface area contributed by atoms with Gasteiger partial charge >= 0.3 is 0 Å². The van der Waals surface area contributed by atoms with Crippen LogP contribution in [0.4, 0.5) is 5.82 Å². The standard InChI is InChI=1S/C9H15N3O2S2/c1-3-10-8-6-9(12-7-11-8)15-4-5-16(2,13)14/h6-7H,3-5H2,1-2H3,(H,10,11,12). The van der Waals surface area contributed by atoms with Crippen molar-refractivity contribution in [2.24, 2.45) is 0 Å². The van der Waals surface area contributed by atoms with E-state index in [0.717, 1.165) is 17.4 Å². The van der Waals surface area contributed by atoms with E-state index in [4.69, 9.17) is 0 Å². The average molecular weight is 261 g/mol. The smallest absolute Gasteiger partial charge is 0.148 e. The minimum Gasteiger partial charge on any atom is -0.370 e. The summed E-state index contributed by atoms with van der Waals surface area (Å²) >= 11 is 1.42. The highest BCUT2D eigenvalue weighted by Crippen LogP contribution is 2.17. The topological polar surface area (TPSA) is 72.0 Å². The number of anilines is 1. The second-order valence-corrected chi connectivity index (χ2v) is 6.63. The van der Waals surface area contributed by atoms with Gasteiger partial charge in [0.15, 0.2) is 0 Å². The number of nitrogens with zero attached hydrogens (tertiary/aromatic N) is 2. The Hall–Kier alpha value is -0.820. The monoisotopic (exact) mass is 261 g/mol. The van der Waals surface area contributed by atoms with Gasteiger partial charge in [0.05, 0.1) is 5.75 Å². The molecule has 0 aromatic carbocycles. The quantitative estimate of drug-likeness (QED) is 0.609. The Balaban J connectivity index is 2.51. The molecule has 0 saturated heterocycles. The molecular formula is C9H15N3O2S2. The van der Waals surface area contributed by atoms with E-state index in [-0.39, 0.29) is 5.75 Å². The number of thioether (sulfide) groups is 1. The van der Waals surface area contributed by atoms with Gasteiger partial charge in [-0.05, 0) is 6.92 Å². The summed E-state index contributed by atoms with van der Waals surface area (Å²) in [5.74, 6) is 1.44. The molecule has 16 heavy (non-hydrogen) atoms. The van der Waals surface area contributed by atoms with Crippen molar-refractivity contribution in [2.75, 3.05) is 29.6 Å². The zero-order valence-corrected chi connectivity index (χ0v) is 10.9. The third-order valence-corrected chi connectivity index (χ3v) is 3.84. The molecule has 0 fully saturated rings. The van der Waals surface area contributed by atoms with Crippen molar-refractivity contribution >= 4 is 27.4 Å². The lowest BCUT2D eigenvalue weighted by Crippen LogP contribution is -2.05. The molecule has 90 valence electrons. The number of rotatable bonds is 6. The van der Waals surface area contributed by atoms with Crippen LogP contribution in [0.5, 0.6) is 0 Å². The second kappa shape index (κ2) is 6.05. The molecular weight excluding hydrogens is 246 g/mol. The summed E-state index contributed by atoms with van der Waals surface area (Å²) in [5, 5.41) is 3.86. The third kappa shape index (κ3) is 5.32. The number of hydrogen-bond acceptors (Lipinski definition) is 6. The largest absolute Gasteiger partial charge is 0.370 e. The molecule has 0 aliphatic heterocycles. The van der Waals surface area contributed by atoms with Crippen molar-refractivity contribution in [1.82, 2.24) is 9.97 Å². The molecule has 0 atom stereocenters. The Kier molecular flexibility index (Phi) is 5.01. The zero-order valence-electron chi connectivity index (χ0n) is 9.30. The number of nitrogens with one attached hydrogen (secondary N) is 1. The van der Waals surface area contributed by atoms with Crippen LogP contribution < -0.4 is 5.32 Å². The average Bonchev–Trinajstić information content (AvgIpc) is 2.17. The molecule has 1 aromatic heterocycles. The van der Waals surface area contributed by atoms with Crippen LogP contribution >= 0.6 is 11.8 Å². The van der Waals surface area contributed by atoms with Crippen LogP contribution in [0.1, 0.15) is 6.92 Å². The first-order valence-electron chi connectivity index (χ1n) is 4.87. The highest BCUT2D eigenvalue weighted by atomic mass is 32.2. The van der Waals surface area contributed by atoms with E-state index in [0.29, 0.717) is 5.75 Å². The molecule has 0 radical (unpaired) electrons. The van der Waals surface area contributed by atoms with Crippen LogP contribution in [0.2, 0.25) is 0 Å². The Morgan fingerprint density at radius 1 is 1.44 bits per heavy atom. The fourth-order valence-corrected chi connectivity index (χ4v) is 3.06. The molecule has 0 aliphatic carbocycles. The van der Waals surface area contributed by atoms with Gasteiger partial charge in [-0.1, -0.05) is 0 Å². The predicted octanol–water partition coefficient (Wildman–Crippen LogP) is 1.05. The van der Waals surface area contributed by atoms with E-state index in [9.17, 15) is 8.42 Å². The van der Waals surface area contributed by atoms with Gasteiger partial charge in [-0.3, -0.25) is 0 Å². The minimum absolute atomic E-state index is 0.165. The molecule has 1 aromatic rings. The summed E-state index contributed by atoms with van der Waals surface area (Å²) < 4.78 is 21.9. The normalized spacial score (nSPS) is 11.4. The van der Waals surface area contributed by atoms with E-state index < -0.39 is 9.84 Å². The van der Waals surface area contributed by atoms with Gasteiger partial charge in [-0.25, -0.2) is 18.4 Å². The molecule has 5 nitrogen and oxygen atoms in total. The van der Waals surface area contributed by atoms with Gasteiger partial charge in [0.25, 0.3) is 0 Å². The molecule has 1 N–H and O–H groups in total. The number of hydrogen-bond donors (Lipinski definition) is 1. The van der Waals surface area contributed by atoms with E-state index in [1.165, 1.54) is 24.3 Å².